The van der Waals surface area contributed by atoms with Crippen LogP contribution in [0.4, 0.5) is 0 Å². The zero-order valence-corrected chi connectivity index (χ0v) is 13.6. The van der Waals surface area contributed by atoms with Gasteiger partial charge in [0.2, 0.25) is 0 Å². The van der Waals surface area contributed by atoms with Crippen LogP contribution < -0.4 is 15.4 Å². The molecule has 0 atom stereocenters. The Hall–Kier alpha value is -1.26. The molecule has 2 N–H and O–H groups in total. The van der Waals surface area contributed by atoms with Gasteiger partial charge in [0.1, 0.15) is 5.75 Å². The van der Waals surface area contributed by atoms with Crippen LogP contribution in [-0.4, -0.2) is 24.1 Å². The third-order valence-electron chi connectivity index (χ3n) is 3.09. The van der Waals surface area contributed by atoms with Crippen molar-refractivity contribution in [3.05, 3.63) is 28.8 Å². The van der Waals surface area contributed by atoms with Crippen LogP contribution in [0.25, 0.3) is 0 Å². The summed E-state index contributed by atoms with van der Waals surface area (Å²) in [6, 6.07) is 6.12. The molecular weight excluding hydrogens is 288 g/mol. The molecule has 4 nitrogen and oxygen atoms in total. The molecular formula is C16H23ClN2O2. The highest BCUT2D eigenvalue weighted by Gasteiger charge is 2.21. The van der Waals surface area contributed by atoms with E-state index in [4.69, 9.17) is 16.3 Å². The SMILES string of the molecule is CC(C)(C)NC(=O)COc1cccc(Cl)c1CNC1CC1. The average molecular weight is 311 g/mol. The number of carbonyl (C=O) groups excluding carboxylic acids is 1. The lowest BCUT2D eigenvalue weighted by Gasteiger charge is -2.21. The highest BCUT2D eigenvalue weighted by Crippen LogP contribution is 2.28. The maximum absolute atomic E-state index is 11.8. The molecule has 0 heterocycles. The van der Waals surface area contributed by atoms with Crippen LogP contribution in [0, 0.1) is 0 Å². The fourth-order valence-corrected chi connectivity index (χ4v) is 2.21. The van der Waals surface area contributed by atoms with E-state index in [0.29, 0.717) is 23.4 Å². The van der Waals surface area contributed by atoms with Crippen molar-refractivity contribution in [2.24, 2.45) is 0 Å². The number of halogens is 1. The predicted molar refractivity (Wildman–Crippen MR) is 84.7 cm³/mol. The second-order valence-electron chi connectivity index (χ2n) is 6.46. The molecule has 1 aromatic rings. The summed E-state index contributed by atoms with van der Waals surface area (Å²) >= 11 is 6.23. The zero-order chi connectivity index (χ0) is 15.5. The van der Waals surface area contributed by atoms with E-state index in [1.54, 1.807) is 0 Å². The number of nitrogens with one attached hydrogen (secondary N) is 2. The molecule has 0 aromatic heterocycles. The van der Waals surface area contributed by atoms with Gasteiger partial charge in [-0.1, -0.05) is 17.7 Å². The fourth-order valence-electron chi connectivity index (χ4n) is 1.98. The van der Waals surface area contributed by atoms with Crippen molar-refractivity contribution >= 4 is 17.5 Å². The average Bonchev–Trinajstić information content (AvgIpc) is 3.17. The molecule has 1 aromatic carbocycles. The highest BCUT2D eigenvalue weighted by atomic mass is 35.5. The second-order valence-corrected chi connectivity index (χ2v) is 6.87. The van der Waals surface area contributed by atoms with E-state index >= 15 is 0 Å². The van der Waals surface area contributed by atoms with Crippen LogP contribution >= 0.6 is 11.6 Å². The molecule has 0 aliphatic heterocycles. The molecule has 116 valence electrons. The first-order valence-corrected chi connectivity index (χ1v) is 7.67. The quantitative estimate of drug-likeness (QED) is 0.849. The van der Waals surface area contributed by atoms with Crippen LogP contribution in [0.5, 0.6) is 5.75 Å². The molecule has 1 saturated carbocycles. The first-order valence-electron chi connectivity index (χ1n) is 7.30. The topological polar surface area (TPSA) is 50.4 Å². The summed E-state index contributed by atoms with van der Waals surface area (Å²) in [5.74, 6) is 0.531. The van der Waals surface area contributed by atoms with Crippen LogP contribution in [0.3, 0.4) is 0 Å². The lowest BCUT2D eigenvalue weighted by Crippen LogP contribution is -2.43. The third kappa shape index (κ3) is 5.56. The molecule has 0 bridgehead atoms. The highest BCUT2D eigenvalue weighted by molar-refractivity contribution is 6.31. The normalized spacial score (nSPS) is 14.9. The Morgan fingerprint density at radius 3 is 2.71 bits per heavy atom. The van der Waals surface area contributed by atoms with E-state index in [0.717, 1.165) is 5.56 Å². The van der Waals surface area contributed by atoms with Crippen molar-refractivity contribution in [3.8, 4) is 5.75 Å². The van der Waals surface area contributed by atoms with Gasteiger partial charge < -0.3 is 15.4 Å². The molecule has 0 radical (unpaired) electrons. The van der Waals surface area contributed by atoms with E-state index < -0.39 is 0 Å². The molecule has 21 heavy (non-hydrogen) atoms. The summed E-state index contributed by atoms with van der Waals surface area (Å²) in [6.07, 6.45) is 2.43. The summed E-state index contributed by atoms with van der Waals surface area (Å²) in [7, 11) is 0. The van der Waals surface area contributed by atoms with Gasteiger partial charge in [0.05, 0.1) is 0 Å². The molecule has 0 unspecified atom stereocenters. The van der Waals surface area contributed by atoms with Crippen LogP contribution in [-0.2, 0) is 11.3 Å². The number of amides is 1. The molecule has 1 aliphatic carbocycles. The molecule has 0 saturated heterocycles. The largest absolute Gasteiger partial charge is 0.483 e. The molecule has 1 amide bonds. The first-order chi connectivity index (χ1) is 9.85. The fraction of sp³-hybridized carbons (Fsp3) is 0.562. The summed E-state index contributed by atoms with van der Waals surface area (Å²) in [4.78, 5) is 11.8. The monoisotopic (exact) mass is 310 g/mol. The molecule has 2 rings (SSSR count). The summed E-state index contributed by atoms with van der Waals surface area (Å²) in [6.45, 7) is 6.48. The number of hydrogen-bond acceptors (Lipinski definition) is 3. The van der Waals surface area contributed by atoms with Gasteiger partial charge in [-0.3, -0.25) is 4.79 Å². The smallest absolute Gasteiger partial charge is 0.258 e. The number of benzene rings is 1. The second kappa shape index (κ2) is 6.67. The Kier molecular flexibility index (Phi) is 5.12. The standard InChI is InChI=1S/C16H23ClN2O2/c1-16(2,3)19-15(20)10-21-14-6-4-5-13(17)12(14)9-18-11-7-8-11/h4-6,11,18H,7-10H2,1-3H3,(H,19,20). The maximum Gasteiger partial charge on any atom is 0.258 e. The van der Waals surface area contributed by atoms with Gasteiger partial charge in [-0.25, -0.2) is 0 Å². The van der Waals surface area contributed by atoms with Gasteiger partial charge in [-0.15, -0.1) is 0 Å². The van der Waals surface area contributed by atoms with Crippen LogP contribution in [0.15, 0.2) is 18.2 Å². The Labute approximate surface area is 131 Å². The Morgan fingerprint density at radius 1 is 1.38 bits per heavy atom. The van der Waals surface area contributed by atoms with Crippen molar-refractivity contribution in [3.63, 3.8) is 0 Å². The minimum absolute atomic E-state index is 0.00591. The van der Waals surface area contributed by atoms with Crippen LogP contribution in [0.1, 0.15) is 39.2 Å². The Balaban J connectivity index is 1.95. The van der Waals surface area contributed by atoms with Crippen molar-refractivity contribution in [1.82, 2.24) is 10.6 Å². The van der Waals surface area contributed by atoms with Gasteiger partial charge in [0.25, 0.3) is 5.91 Å². The number of rotatable bonds is 6. The number of carbonyl (C=O) groups is 1. The third-order valence-corrected chi connectivity index (χ3v) is 3.45. The predicted octanol–water partition coefficient (Wildman–Crippen LogP) is 2.89. The summed E-state index contributed by atoms with van der Waals surface area (Å²) in [5.41, 5.74) is 0.653. The molecule has 1 aliphatic rings. The number of hydrogen-bond donors (Lipinski definition) is 2. The zero-order valence-electron chi connectivity index (χ0n) is 12.8. The Morgan fingerprint density at radius 2 is 2.10 bits per heavy atom. The van der Waals surface area contributed by atoms with Gasteiger partial charge in [-0.05, 0) is 45.7 Å². The van der Waals surface area contributed by atoms with Crippen molar-refractivity contribution in [2.75, 3.05) is 6.61 Å². The van der Waals surface area contributed by atoms with Crippen molar-refractivity contribution in [1.29, 1.82) is 0 Å². The lowest BCUT2D eigenvalue weighted by atomic mass is 10.1. The van der Waals surface area contributed by atoms with E-state index in [-0.39, 0.29) is 18.1 Å². The first kappa shape index (κ1) is 16.1. The van der Waals surface area contributed by atoms with Crippen molar-refractivity contribution in [2.45, 2.75) is 51.7 Å². The Bertz CT molecular complexity index is 507. The van der Waals surface area contributed by atoms with Crippen LogP contribution in [0.2, 0.25) is 5.02 Å². The molecule has 0 spiro atoms. The van der Waals surface area contributed by atoms with Crippen molar-refractivity contribution < 1.29 is 9.53 Å². The lowest BCUT2D eigenvalue weighted by molar-refractivity contribution is -0.124. The number of ether oxygens (including phenoxy) is 1. The van der Waals surface area contributed by atoms with E-state index in [1.165, 1.54) is 12.8 Å². The minimum atomic E-state index is -0.259. The van der Waals surface area contributed by atoms with E-state index in [9.17, 15) is 4.79 Å². The van der Waals surface area contributed by atoms with Gasteiger partial charge in [0.15, 0.2) is 6.61 Å². The summed E-state index contributed by atoms with van der Waals surface area (Å²) in [5, 5.41) is 6.95. The van der Waals surface area contributed by atoms with Gasteiger partial charge in [-0.2, -0.15) is 0 Å². The van der Waals surface area contributed by atoms with E-state index in [1.807, 2.05) is 39.0 Å². The van der Waals surface area contributed by atoms with E-state index in [2.05, 4.69) is 10.6 Å². The minimum Gasteiger partial charge on any atom is -0.483 e. The van der Waals surface area contributed by atoms with Gasteiger partial charge >= 0.3 is 0 Å². The summed E-state index contributed by atoms with van der Waals surface area (Å²) < 4.78 is 5.64. The molecule has 5 heteroatoms. The molecule has 1 fully saturated rings. The maximum atomic E-state index is 11.8. The van der Waals surface area contributed by atoms with Gasteiger partial charge in [0, 0.05) is 28.7 Å².